The van der Waals surface area contributed by atoms with E-state index in [0.29, 0.717) is 46.1 Å². The van der Waals surface area contributed by atoms with Crippen LogP contribution in [0.3, 0.4) is 0 Å². The SMILES string of the molecule is CCOc1cc([C@@H]2C(C(=O)OC)=C(N)Oc3cc(O)ccc32)c(Br)cc1OCc1ccccc1. The second-order valence-electron chi connectivity index (χ2n) is 7.55. The number of aromatic hydroxyl groups is 1. The number of ether oxygens (including phenoxy) is 4. The molecule has 7 nitrogen and oxygen atoms in total. The predicted molar refractivity (Wildman–Crippen MR) is 130 cm³/mol. The first kappa shape index (κ1) is 23.5. The molecule has 4 rings (SSSR count). The molecule has 0 spiro atoms. The Morgan fingerprint density at radius 1 is 1.06 bits per heavy atom. The Bertz CT molecular complexity index is 1240. The van der Waals surface area contributed by atoms with Crippen LogP contribution in [0.1, 0.15) is 29.5 Å². The van der Waals surface area contributed by atoms with Gasteiger partial charge in [0.15, 0.2) is 11.5 Å². The number of esters is 1. The summed E-state index contributed by atoms with van der Waals surface area (Å²) in [4.78, 5) is 12.7. The van der Waals surface area contributed by atoms with Crippen LogP contribution in [-0.2, 0) is 16.1 Å². The minimum absolute atomic E-state index is 0.0190. The van der Waals surface area contributed by atoms with Gasteiger partial charge in [0, 0.05) is 16.1 Å². The molecule has 0 unspecified atom stereocenters. The van der Waals surface area contributed by atoms with Crippen LogP contribution >= 0.6 is 15.9 Å². The first-order chi connectivity index (χ1) is 16.4. The first-order valence-electron chi connectivity index (χ1n) is 10.6. The van der Waals surface area contributed by atoms with E-state index in [-0.39, 0.29) is 17.2 Å². The van der Waals surface area contributed by atoms with Gasteiger partial charge in [-0.25, -0.2) is 4.79 Å². The van der Waals surface area contributed by atoms with Gasteiger partial charge in [0.2, 0.25) is 5.88 Å². The Morgan fingerprint density at radius 3 is 2.50 bits per heavy atom. The lowest BCUT2D eigenvalue weighted by Gasteiger charge is -2.29. The van der Waals surface area contributed by atoms with E-state index in [1.54, 1.807) is 6.07 Å². The van der Waals surface area contributed by atoms with Crippen molar-refractivity contribution in [2.24, 2.45) is 5.73 Å². The molecule has 1 heterocycles. The number of benzene rings is 3. The molecule has 0 bridgehead atoms. The number of methoxy groups -OCH3 is 1. The van der Waals surface area contributed by atoms with E-state index < -0.39 is 11.9 Å². The van der Waals surface area contributed by atoms with Gasteiger partial charge in [-0.1, -0.05) is 52.3 Å². The molecule has 3 aromatic rings. The summed E-state index contributed by atoms with van der Waals surface area (Å²) in [6.07, 6.45) is 0. The zero-order valence-corrected chi connectivity index (χ0v) is 20.3. The number of phenolic OH excluding ortho intramolecular Hbond substituents is 1. The van der Waals surface area contributed by atoms with Crippen LogP contribution in [0.25, 0.3) is 0 Å². The van der Waals surface area contributed by atoms with E-state index in [1.165, 1.54) is 19.2 Å². The van der Waals surface area contributed by atoms with Gasteiger partial charge in [-0.05, 0) is 36.2 Å². The number of carbonyl (C=O) groups is 1. The Morgan fingerprint density at radius 2 is 1.79 bits per heavy atom. The van der Waals surface area contributed by atoms with Crippen molar-refractivity contribution in [3.63, 3.8) is 0 Å². The summed E-state index contributed by atoms with van der Waals surface area (Å²) in [5.41, 5.74) is 8.67. The lowest BCUT2D eigenvalue weighted by Crippen LogP contribution is -2.27. The minimum atomic E-state index is -0.631. The van der Waals surface area contributed by atoms with Crippen LogP contribution < -0.4 is 19.9 Å². The number of hydrogen-bond acceptors (Lipinski definition) is 7. The zero-order valence-electron chi connectivity index (χ0n) is 18.7. The Labute approximate surface area is 205 Å². The van der Waals surface area contributed by atoms with E-state index in [2.05, 4.69) is 15.9 Å². The van der Waals surface area contributed by atoms with E-state index in [1.807, 2.05) is 49.4 Å². The van der Waals surface area contributed by atoms with Crippen LogP contribution in [-0.4, -0.2) is 24.8 Å². The van der Waals surface area contributed by atoms with Crippen molar-refractivity contribution in [2.45, 2.75) is 19.4 Å². The summed E-state index contributed by atoms with van der Waals surface area (Å²) in [7, 11) is 1.28. The first-order valence-corrected chi connectivity index (χ1v) is 11.4. The fourth-order valence-electron chi connectivity index (χ4n) is 3.86. The fourth-order valence-corrected chi connectivity index (χ4v) is 4.41. The summed E-state index contributed by atoms with van der Waals surface area (Å²) in [6.45, 7) is 2.67. The molecule has 8 heteroatoms. The number of carbonyl (C=O) groups excluding carboxylic acids is 1. The molecule has 0 aliphatic carbocycles. The highest BCUT2D eigenvalue weighted by atomic mass is 79.9. The number of halogens is 1. The second kappa shape index (κ2) is 10.1. The van der Waals surface area contributed by atoms with E-state index in [9.17, 15) is 9.90 Å². The maximum Gasteiger partial charge on any atom is 0.340 e. The normalized spacial score (nSPS) is 14.7. The van der Waals surface area contributed by atoms with Gasteiger partial charge < -0.3 is 29.8 Å². The molecule has 0 fully saturated rings. The quantitative estimate of drug-likeness (QED) is 0.418. The number of nitrogens with two attached hydrogens (primary N) is 1. The van der Waals surface area contributed by atoms with Crippen LogP contribution in [0.5, 0.6) is 23.0 Å². The number of rotatable bonds is 7. The molecule has 176 valence electrons. The van der Waals surface area contributed by atoms with Gasteiger partial charge in [-0.2, -0.15) is 0 Å². The van der Waals surface area contributed by atoms with E-state index >= 15 is 0 Å². The third kappa shape index (κ3) is 4.68. The molecule has 1 atom stereocenters. The van der Waals surface area contributed by atoms with Gasteiger partial charge >= 0.3 is 5.97 Å². The molecule has 0 saturated heterocycles. The average molecular weight is 526 g/mol. The minimum Gasteiger partial charge on any atom is -0.508 e. The summed E-state index contributed by atoms with van der Waals surface area (Å²) in [5.74, 6) is 0.102. The van der Waals surface area contributed by atoms with Crippen molar-refractivity contribution in [1.29, 1.82) is 0 Å². The number of hydrogen-bond donors (Lipinski definition) is 2. The standard InChI is InChI=1S/C26H24BrNO6/c1-3-32-21-12-18(19(27)13-22(21)33-14-15-7-5-4-6-8-15)23-17-10-9-16(29)11-20(17)34-25(28)24(23)26(30)31-2/h4-13,23,29H,3,14,28H2,1-2H3/t23-/m1/s1. The zero-order chi connectivity index (χ0) is 24.2. The van der Waals surface area contributed by atoms with E-state index in [4.69, 9.17) is 24.7 Å². The summed E-state index contributed by atoms with van der Waals surface area (Å²) >= 11 is 3.64. The summed E-state index contributed by atoms with van der Waals surface area (Å²) in [6, 6.07) is 18.1. The van der Waals surface area contributed by atoms with Crippen molar-refractivity contribution in [3.8, 4) is 23.0 Å². The summed E-state index contributed by atoms with van der Waals surface area (Å²) in [5, 5.41) is 9.94. The number of phenols is 1. The molecular weight excluding hydrogens is 502 g/mol. The van der Waals surface area contributed by atoms with Crippen molar-refractivity contribution in [3.05, 3.63) is 93.3 Å². The van der Waals surface area contributed by atoms with Crippen molar-refractivity contribution < 1.29 is 28.8 Å². The van der Waals surface area contributed by atoms with Gasteiger partial charge in [0.1, 0.15) is 23.7 Å². The van der Waals surface area contributed by atoms with Gasteiger partial charge in [-0.15, -0.1) is 0 Å². The van der Waals surface area contributed by atoms with Crippen molar-refractivity contribution >= 4 is 21.9 Å². The Kier molecular flexibility index (Phi) is 6.98. The highest BCUT2D eigenvalue weighted by Crippen LogP contribution is 2.48. The second-order valence-corrected chi connectivity index (χ2v) is 8.41. The topological polar surface area (TPSA) is 100 Å². The largest absolute Gasteiger partial charge is 0.508 e. The van der Waals surface area contributed by atoms with Gasteiger partial charge in [0.25, 0.3) is 0 Å². The van der Waals surface area contributed by atoms with Crippen molar-refractivity contribution in [1.82, 2.24) is 0 Å². The van der Waals surface area contributed by atoms with Gasteiger partial charge in [-0.3, -0.25) is 0 Å². The molecule has 0 saturated carbocycles. The highest BCUT2D eigenvalue weighted by Gasteiger charge is 2.37. The van der Waals surface area contributed by atoms with Crippen molar-refractivity contribution in [2.75, 3.05) is 13.7 Å². The molecular formula is C26H24BrNO6. The van der Waals surface area contributed by atoms with E-state index in [0.717, 1.165) is 5.56 Å². The molecule has 3 N–H and O–H groups in total. The monoisotopic (exact) mass is 525 g/mol. The maximum atomic E-state index is 12.7. The summed E-state index contributed by atoms with van der Waals surface area (Å²) < 4.78 is 23.3. The Balaban J connectivity index is 1.81. The number of fused-ring (bicyclic) bond motifs is 1. The Hall–Kier alpha value is -3.65. The predicted octanol–water partition coefficient (Wildman–Crippen LogP) is 5.00. The third-order valence-electron chi connectivity index (χ3n) is 5.40. The van der Waals surface area contributed by atoms with Gasteiger partial charge in [0.05, 0.1) is 19.6 Å². The lowest BCUT2D eigenvalue weighted by atomic mass is 9.82. The van der Waals surface area contributed by atoms with Crippen LogP contribution in [0.15, 0.2) is 76.6 Å². The smallest absolute Gasteiger partial charge is 0.340 e. The van der Waals surface area contributed by atoms with Crippen LogP contribution in [0.2, 0.25) is 0 Å². The average Bonchev–Trinajstić information content (AvgIpc) is 2.83. The molecule has 0 amide bonds. The molecule has 3 aromatic carbocycles. The third-order valence-corrected chi connectivity index (χ3v) is 6.09. The van der Waals surface area contributed by atoms with Crippen LogP contribution in [0, 0.1) is 0 Å². The molecule has 0 aromatic heterocycles. The maximum absolute atomic E-state index is 12.7. The highest BCUT2D eigenvalue weighted by molar-refractivity contribution is 9.10. The molecule has 1 aliphatic heterocycles. The lowest BCUT2D eigenvalue weighted by molar-refractivity contribution is -0.136. The van der Waals surface area contributed by atoms with Crippen LogP contribution in [0.4, 0.5) is 0 Å². The molecule has 0 radical (unpaired) electrons. The molecule has 1 aliphatic rings. The fraction of sp³-hybridized carbons (Fsp3) is 0.192. The molecule has 34 heavy (non-hydrogen) atoms.